The maximum Gasteiger partial charge on any atom is 0.352 e. The molecule has 2 aliphatic heterocycles. The van der Waals surface area contributed by atoms with Crippen molar-refractivity contribution < 1.29 is 24.1 Å². The van der Waals surface area contributed by atoms with Crippen LogP contribution in [0.25, 0.3) is 32.8 Å². The molecule has 252 valence electrons. The lowest BCUT2D eigenvalue weighted by Gasteiger charge is -2.12. The third kappa shape index (κ3) is 5.70. The van der Waals surface area contributed by atoms with E-state index in [0.717, 1.165) is 95.6 Å². The van der Waals surface area contributed by atoms with Crippen molar-refractivity contribution in [2.45, 2.75) is 48.1 Å². The predicted octanol–water partition coefficient (Wildman–Crippen LogP) is 7.29. The summed E-state index contributed by atoms with van der Waals surface area (Å²) in [5.41, 5.74) is 8.14. The standard InChI is InChI=1S/C37H36ClN5O4S2/c1-40-35-28-10-11-29(38)33(35)34-30-18-46-14-12-43(30)42(3)31(34)21-48-19-23-16-24(41(2)39-23)20-49-25-15-22-7-4-5-8-26(22)32(17-25)47-13-6-9-27(28)36(40)37(44)45/h4-5,7-8,10-11,15-17H,6,9,12-14,18-21H2,1-3H3/p+1. The molecule has 0 radical (unpaired) electrons. The van der Waals surface area contributed by atoms with Gasteiger partial charge in [-0.1, -0.05) is 41.9 Å². The van der Waals surface area contributed by atoms with Crippen LogP contribution in [0, 0.1) is 0 Å². The second kappa shape index (κ2) is 13.1. The Labute approximate surface area is 297 Å². The average molecular weight is 715 g/mol. The normalized spacial score (nSPS) is 15.5. The summed E-state index contributed by atoms with van der Waals surface area (Å²) in [5.74, 6) is 2.13. The van der Waals surface area contributed by atoms with Crippen molar-refractivity contribution in [2.75, 3.05) is 13.2 Å². The van der Waals surface area contributed by atoms with Crippen LogP contribution in [-0.2, 0) is 62.7 Å². The summed E-state index contributed by atoms with van der Waals surface area (Å²) in [4.78, 5) is 14.0. The molecule has 0 saturated heterocycles. The summed E-state index contributed by atoms with van der Waals surface area (Å²) in [5, 5.41) is 19.1. The third-order valence-corrected chi connectivity index (χ3v) is 12.0. The zero-order valence-electron chi connectivity index (χ0n) is 27.7. The molecule has 3 aromatic heterocycles. The molecule has 8 rings (SSSR count). The van der Waals surface area contributed by atoms with Gasteiger partial charge in [0.15, 0.2) is 6.54 Å². The van der Waals surface area contributed by atoms with Gasteiger partial charge in [-0.2, -0.15) is 9.78 Å². The Balaban J connectivity index is 1.28. The Hall–Kier alpha value is -3.90. The first-order valence-corrected chi connectivity index (χ1v) is 18.9. The highest BCUT2D eigenvalue weighted by molar-refractivity contribution is 7.98. The molecule has 12 heteroatoms. The van der Waals surface area contributed by atoms with Crippen molar-refractivity contribution in [3.05, 3.63) is 93.7 Å². The van der Waals surface area contributed by atoms with E-state index in [1.807, 2.05) is 59.4 Å². The van der Waals surface area contributed by atoms with Crippen LogP contribution in [0.1, 0.15) is 45.2 Å². The first-order valence-electron chi connectivity index (χ1n) is 16.4. The number of thioether (sulfide) groups is 2. The van der Waals surface area contributed by atoms with E-state index < -0.39 is 5.97 Å². The van der Waals surface area contributed by atoms with Crippen LogP contribution >= 0.6 is 35.1 Å². The average Bonchev–Trinajstić information content (AvgIpc) is 3.69. The molecule has 2 aliphatic rings. The van der Waals surface area contributed by atoms with E-state index in [1.165, 1.54) is 0 Å². The number of benzene rings is 3. The SMILES string of the molecule is Cn1nc2cc1CSc1cc(c3ccccc3c1)OCCCc1c(C(=O)O)n(C)c3c(c(Cl)ccc13)-c1c(n(C)[n+]3c1COCC3)CSC2. The molecule has 6 aromatic rings. The second-order valence-corrected chi connectivity index (χ2v) is 15.0. The third-order valence-electron chi connectivity index (χ3n) is 9.72. The van der Waals surface area contributed by atoms with E-state index in [2.05, 4.69) is 46.7 Å². The molecule has 0 saturated carbocycles. The lowest BCUT2D eigenvalue weighted by atomic mass is 9.98. The quantitative estimate of drug-likeness (QED) is 0.179. The molecule has 5 heterocycles. The zero-order valence-corrected chi connectivity index (χ0v) is 30.1. The van der Waals surface area contributed by atoms with E-state index in [-0.39, 0.29) is 5.69 Å². The Bertz CT molecular complexity index is 2270. The van der Waals surface area contributed by atoms with Gasteiger partial charge in [0.2, 0.25) is 5.69 Å². The van der Waals surface area contributed by atoms with E-state index in [4.69, 9.17) is 26.2 Å². The first-order chi connectivity index (χ1) is 23.8. The van der Waals surface area contributed by atoms with Crippen molar-refractivity contribution in [1.82, 2.24) is 19.0 Å². The minimum absolute atomic E-state index is 0.278. The van der Waals surface area contributed by atoms with E-state index >= 15 is 0 Å². The number of carboxylic acids is 1. The molecule has 0 atom stereocenters. The monoisotopic (exact) mass is 714 g/mol. The van der Waals surface area contributed by atoms with E-state index in [1.54, 1.807) is 11.8 Å². The number of halogens is 1. The lowest BCUT2D eigenvalue weighted by molar-refractivity contribution is -0.789. The highest BCUT2D eigenvalue weighted by Crippen LogP contribution is 2.43. The van der Waals surface area contributed by atoms with Gasteiger partial charge >= 0.3 is 5.97 Å². The molecule has 1 N–H and O–H groups in total. The summed E-state index contributed by atoms with van der Waals surface area (Å²) in [6.07, 6.45) is 1.19. The van der Waals surface area contributed by atoms with Crippen LogP contribution in [0.5, 0.6) is 5.75 Å². The molecule has 8 bridgehead atoms. The first kappa shape index (κ1) is 32.3. The second-order valence-electron chi connectivity index (χ2n) is 12.6. The van der Waals surface area contributed by atoms with Gasteiger partial charge in [-0.3, -0.25) is 4.68 Å². The zero-order chi connectivity index (χ0) is 33.8. The van der Waals surface area contributed by atoms with Gasteiger partial charge in [-0.05, 0) is 48.1 Å². The van der Waals surface area contributed by atoms with Gasteiger partial charge < -0.3 is 19.1 Å². The van der Waals surface area contributed by atoms with E-state index in [9.17, 15) is 9.90 Å². The fourth-order valence-electron chi connectivity index (χ4n) is 7.42. The highest BCUT2D eigenvalue weighted by atomic mass is 35.5. The molecule has 0 aliphatic carbocycles. The molecule has 9 nitrogen and oxygen atoms in total. The molecule has 49 heavy (non-hydrogen) atoms. The number of ether oxygens (including phenoxy) is 2. The van der Waals surface area contributed by atoms with Crippen molar-refractivity contribution in [2.24, 2.45) is 21.1 Å². The number of nitrogens with zero attached hydrogens (tertiary/aromatic N) is 5. The summed E-state index contributed by atoms with van der Waals surface area (Å²) < 4.78 is 20.8. The Morgan fingerprint density at radius 3 is 2.71 bits per heavy atom. The fourth-order valence-corrected chi connectivity index (χ4v) is 9.63. The number of aryl methyl sites for hydroxylation is 3. The lowest BCUT2D eigenvalue weighted by Crippen LogP contribution is -2.49. The smallest absolute Gasteiger partial charge is 0.352 e. The maximum atomic E-state index is 12.9. The van der Waals surface area contributed by atoms with Crippen molar-refractivity contribution in [3.8, 4) is 16.9 Å². The number of fused-ring (bicyclic) bond motifs is 10. The molecule has 0 unspecified atom stereocenters. The minimum atomic E-state index is -0.958. The van der Waals surface area contributed by atoms with Crippen molar-refractivity contribution in [1.29, 1.82) is 0 Å². The van der Waals surface area contributed by atoms with Crippen molar-refractivity contribution in [3.63, 3.8) is 0 Å². The molecule has 0 amide bonds. The number of aromatic carboxylic acids is 1. The molecule has 0 fully saturated rings. The number of hydrogen-bond acceptors (Lipinski definition) is 6. The van der Waals surface area contributed by atoms with Gasteiger partial charge in [0.1, 0.15) is 30.4 Å². The van der Waals surface area contributed by atoms with E-state index in [0.29, 0.717) is 37.7 Å². The van der Waals surface area contributed by atoms with Gasteiger partial charge in [0.05, 0.1) is 35.5 Å². The number of aromatic nitrogens is 5. The van der Waals surface area contributed by atoms with Crippen LogP contribution in [0.4, 0.5) is 0 Å². The summed E-state index contributed by atoms with van der Waals surface area (Å²) in [6, 6.07) is 18.7. The van der Waals surface area contributed by atoms with Crippen LogP contribution < -0.4 is 9.42 Å². The topological polar surface area (TPSA) is 87.3 Å². The fraction of sp³-hybridized carbons (Fsp3) is 0.324. The van der Waals surface area contributed by atoms with Gasteiger partial charge in [0, 0.05) is 58.3 Å². The maximum absolute atomic E-state index is 12.9. The van der Waals surface area contributed by atoms with Crippen LogP contribution in [0.3, 0.4) is 0 Å². The van der Waals surface area contributed by atoms with Crippen LogP contribution in [-0.4, -0.2) is 43.3 Å². The number of rotatable bonds is 1. The Morgan fingerprint density at radius 2 is 1.86 bits per heavy atom. The summed E-state index contributed by atoms with van der Waals surface area (Å²) in [6.45, 7) is 2.26. The van der Waals surface area contributed by atoms with Gasteiger partial charge in [-0.15, -0.1) is 28.2 Å². The van der Waals surface area contributed by atoms with Gasteiger partial charge in [-0.25, -0.2) is 4.79 Å². The Kier molecular flexibility index (Phi) is 8.63. The number of hydrogen-bond donors (Lipinski definition) is 1. The summed E-state index contributed by atoms with van der Waals surface area (Å²) >= 11 is 10.7. The molecule has 3 aromatic carbocycles. The van der Waals surface area contributed by atoms with Crippen LogP contribution in [0.2, 0.25) is 5.02 Å². The Morgan fingerprint density at radius 1 is 1.00 bits per heavy atom. The minimum Gasteiger partial charge on any atom is -0.493 e. The summed E-state index contributed by atoms with van der Waals surface area (Å²) in [7, 11) is 5.95. The number of carbonyl (C=O) groups is 1. The molecule has 0 spiro atoms. The van der Waals surface area contributed by atoms with Crippen molar-refractivity contribution >= 4 is 62.8 Å². The molecular weight excluding hydrogens is 678 g/mol. The largest absolute Gasteiger partial charge is 0.493 e. The molecular formula is C37H37ClN5O4S2+. The number of carboxylic acid groups (broad SMARTS) is 1. The van der Waals surface area contributed by atoms with Gasteiger partial charge in [0.25, 0.3) is 0 Å². The van der Waals surface area contributed by atoms with Crippen LogP contribution in [0.15, 0.2) is 59.5 Å². The predicted molar refractivity (Wildman–Crippen MR) is 195 cm³/mol. The highest BCUT2D eigenvalue weighted by Gasteiger charge is 2.35.